The fraction of sp³-hybridized carbons (Fsp3) is 0.333. The largest absolute Gasteiger partial charge is 0.416 e. The quantitative estimate of drug-likeness (QED) is 0.792. The van der Waals surface area contributed by atoms with Gasteiger partial charge in [0.1, 0.15) is 5.15 Å². The van der Waals surface area contributed by atoms with Crippen LogP contribution in [0.5, 0.6) is 0 Å². The van der Waals surface area contributed by atoms with Crippen molar-refractivity contribution in [3.8, 4) is 0 Å². The van der Waals surface area contributed by atoms with E-state index in [2.05, 4.69) is 15.2 Å². The topological polar surface area (TPSA) is 48.5 Å². The lowest BCUT2D eigenvalue weighted by atomic mass is 10.2. The summed E-state index contributed by atoms with van der Waals surface area (Å²) < 4.78 is 38.3. The molecule has 5 nitrogen and oxygen atoms in total. The molecule has 0 spiro atoms. The van der Waals surface area contributed by atoms with Gasteiger partial charge in [0.25, 0.3) is 0 Å². The van der Waals surface area contributed by atoms with Crippen molar-refractivity contribution < 1.29 is 18.0 Å². The minimum atomic E-state index is -4.44. The van der Waals surface area contributed by atoms with E-state index in [1.165, 1.54) is 12.1 Å². The molecule has 1 aromatic heterocycles. The van der Waals surface area contributed by atoms with Crippen LogP contribution in [0.4, 0.5) is 23.7 Å². The van der Waals surface area contributed by atoms with Crippen molar-refractivity contribution in [2.45, 2.75) is 12.7 Å². The van der Waals surface area contributed by atoms with Crippen LogP contribution in [0.1, 0.15) is 11.1 Å². The second kappa shape index (κ2) is 8.14. The summed E-state index contributed by atoms with van der Waals surface area (Å²) in [5.41, 5.74) is 0.368. The second-order valence-electron chi connectivity index (χ2n) is 6.26. The number of nitrogens with zero attached hydrogens (tertiary/aromatic N) is 3. The summed E-state index contributed by atoms with van der Waals surface area (Å²) in [6, 6.07) is 7.86. The molecule has 1 N–H and O–H groups in total. The van der Waals surface area contributed by atoms with Crippen LogP contribution >= 0.6 is 11.6 Å². The number of aromatic nitrogens is 1. The van der Waals surface area contributed by atoms with E-state index in [4.69, 9.17) is 11.6 Å². The van der Waals surface area contributed by atoms with E-state index in [-0.39, 0.29) is 5.69 Å². The SMILES string of the molecule is O=C(Nc1cccc(C(F)(F)F)c1)N1CCN(Cc2ccc(Cl)nc2)CC1. The molecular weight excluding hydrogens is 381 g/mol. The summed E-state index contributed by atoms with van der Waals surface area (Å²) in [4.78, 5) is 20.1. The summed E-state index contributed by atoms with van der Waals surface area (Å²) in [5.74, 6) is 0. The highest BCUT2D eigenvalue weighted by Crippen LogP contribution is 2.30. The summed E-state index contributed by atoms with van der Waals surface area (Å²) in [6.45, 7) is 3.02. The molecule has 1 aliphatic heterocycles. The van der Waals surface area contributed by atoms with Gasteiger partial charge in [0, 0.05) is 44.6 Å². The highest BCUT2D eigenvalue weighted by Gasteiger charge is 2.30. The molecular formula is C18H18ClF3N4O. The van der Waals surface area contributed by atoms with Crippen LogP contribution in [-0.4, -0.2) is 47.0 Å². The van der Waals surface area contributed by atoms with Gasteiger partial charge in [-0.3, -0.25) is 4.90 Å². The molecule has 0 atom stereocenters. The average molecular weight is 399 g/mol. The van der Waals surface area contributed by atoms with E-state index in [9.17, 15) is 18.0 Å². The molecule has 1 fully saturated rings. The molecule has 0 unspecified atom stereocenters. The molecule has 1 aliphatic rings. The maximum absolute atomic E-state index is 12.8. The summed E-state index contributed by atoms with van der Waals surface area (Å²) in [7, 11) is 0. The third-order valence-corrected chi connectivity index (χ3v) is 4.52. The number of nitrogens with one attached hydrogen (secondary N) is 1. The standard InChI is InChI=1S/C18H18ClF3N4O/c19-16-5-4-13(11-23-16)12-25-6-8-26(9-7-25)17(27)24-15-3-1-2-14(10-15)18(20,21)22/h1-5,10-11H,6-9,12H2,(H,24,27). The number of hydrogen-bond acceptors (Lipinski definition) is 3. The van der Waals surface area contributed by atoms with Gasteiger partial charge in [-0.25, -0.2) is 9.78 Å². The van der Waals surface area contributed by atoms with Crippen molar-refractivity contribution in [2.24, 2.45) is 0 Å². The van der Waals surface area contributed by atoms with Crippen LogP contribution in [0, 0.1) is 0 Å². The van der Waals surface area contributed by atoms with Gasteiger partial charge < -0.3 is 10.2 Å². The fourth-order valence-electron chi connectivity index (χ4n) is 2.84. The van der Waals surface area contributed by atoms with Crippen LogP contribution in [0.3, 0.4) is 0 Å². The molecule has 1 aromatic carbocycles. The first kappa shape index (κ1) is 19.4. The van der Waals surface area contributed by atoms with Gasteiger partial charge in [-0.05, 0) is 29.8 Å². The monoisotopic (exact) mass is 398 g/mol. The predicted octanol–water partition coefficient (Wildman–Crippen LogP) is 4.10. The lowest BCUT2D eigenvalue weighted by Gasteiger charge is -2.34. The van der Waals surface area contributed by atoms with E-state index < -0.39 is 17.8 Å². The number of carbonyl (C=O) groups excluding carboxylic acids is 1. The summed E-state index contributed by atoms with van der Waals surface area (Å²) >= 11 is 5.77. The Hall–Kier alpha value is -2.32. The molecule has 0 aliphatic carbocycles. The Bertz CT molecular complexity index is 790. The molecule has 0 bridgehead atoms. The zero-order chi connectivity index (χ0) is 19.4. The van der Waals surface area contributed by atoms with Gasteiger partial charge in [0.15, 0.2) is 0 Å². The maximum Gasteiger partial charge on any atom is 0.416 e. The minimum Gasteiger partial charge on any atom is -0.322 e. The van der Waals surface area contributed by atoms with Crippen molar-refractivity contribution in [2.75, 3.05) is 31.5 Å². The highest BCUT2D eigenvalue weighted by molar-refractivity contribution is 6.29. The number of alkyl halides is 3. The molecule has 9 heteroatoms. The number of pyridine rings is 1. The highest BCUT2D eigenvalue weighted by atomic mass is 35.5. The fourth-order valence-corrected chi connectivity index (χ4v) is 2.95. The lowest BCUT2D eigenvalue weighted by Crippen LogP contribution is -2.49. The van der Waals surface area contributed by atoms with Gasteiger partial charge in [-0.15, -0.1) is 0 Å². The third-order valence-electron chi connectivity index (χ3n) is 4.30. The van der Waals surface area contributed by atoms with E-state index in [0.717, 1.165) is 17.7 Å². The Labute approximate surface area is 159 Å². The van der Waals surface area contributed by atoms with Crippen molar-refractivity contribution in [1.82, 2.24) is 14.8 Å². The first-order valence-electron chi connectivity index (χ1n) is 8.37. The number of amides is 2. The molecule has 0 saturated carbocycles. The summed E-state index contributed by atoms with van der Waals surface area (Å²) in [6.07, 6.45) is -2.72. The third kappa shape index (κ3) is 5.33. The number of anilines is 1. The van der Waals surface area contributed by atoms with E-state index in [0.29, 0.717) is 37.9 Å². The Kier molecular flexibility index (Phi) is 5.86. The van der Waals surface area contributed by atoms with Crippen LogP contribution in [0.25, 0.3) is 0 Å². The van der Waals surface area contributed by atoms with Crippen molar-refractivity contribution in [1.29, 1.82) is 0 Å². The molecule has 3 rings (SSSR count). The van der Waals surface area contributed by atoms with Crippen LogP contribution < -0.4 is 5.32 Å². The Morgan fingerprint density at radius 2 is 1.89 bits per heavy atom. The first-order valence-corrected chi connectivity index (χ1v) is 8.75. The van der Waals surface area contributed by atoms with E-state index in [1.54, 1.807) is 17.2 Å². The number of piperazine rings is 1. The number of carbonyl (C=O) groups is 1. The predicted molar refractivity (Wildman–Crippen MR) is 96.6 cm³/mol. The van der Waals surface area contributed by atoms with E-state index in [1.807, 2.05) is 6.07 Å². The van der Waals surface area contributed by atoms with Gasteiger partial charge in [0.05, 0.1) is 5.56 Å². The number of halogens is 4. The van der Waals surface area contributed by atoms with Gasteiger partial charge in [0.2, 0.25) is 0 Å². The molecule has 1 saturated heterocycles. The van der Waals surface area contributed by atoms with Crippen molar-refractivity contribution >= 4 is 23.3 Å². The number of rotatable bonds is 3. The zero-order valence-electron chi connectivity index (χ0n) is 14.3. The Morgan fingerprint density at radius 3 is 2.52 bits per heavy atom. The van der Waals surface area contributed by atoms with Crippen LogP contribution in [0.15, 0.2) is 42.6 Å². The Morgan fingerprint density at radius 1 is 1.15 bits per heavy atom. The van der Waals surface area contributed by atoms with E-state index >= 15 is 0 Å². The van der Waals surface area contributed by atoms with Crippen LogP contribution in [-0.2, 0) is 12.7 Å². The van der Waals surface area contributed by atoms with Gasteiger partial charge in [-0.2, -0.15) is 13.2 Å². The lowest BCUT2D eigenvalue weighted by molar-refractivity contribution is -0.137. The van der Waals surface area contributed by atoms with Crippen molar-refractivity contribution in [3.05, 3.63) is 58.9 Å². The number of benzene rings is 1. The molecule has 2 heterocycles. The average Bonchev–Trinajstić information content (AvgIpc) is 2.64. The number of urea groups is 1. The van der Waals surface area contributed by atoms with Crippen LogP contribution in [0.2, 0.25) is 5.15 Å². The van der Waals surface area contributed by atoms with Gasteiger partial charge >= 0.3 is 12.2 Å². The maximum atomic E-state index is 12.8. The summed E-state index contributed by atoms with van der Waals surface area (Å²) in [5, 5.41) is 2.98. The molecule has 2 amide bonds. The molecule has 144 valence electrons. The number of hydrogen-bond donors (Lipinski definition) is 1. The van der Waals surface area contributed by atoms with Gasteiger partial charge in [-0.1, -0.05) is 23.7 Å². The smallest absolute Gasteiger partial charge is 0.322 e. The minimum absolute atomic E-state index is 0.129. The molecule has 27 heavy (non-hydrogen) atoms. The Balaban J connectivity index is 1.52. The molecule has 2 aromatic rings. The molecule has 0 radical (unpaired) electrons. The zero-order valence-corrected chi connectivity index (χ0v) is 15.1. The van der Waals surface area contributed by atoms with Crippen molar-refractivity contribution in [3.63, 3.8) is 0 Å². The normalized spacial score (nSPS) is 15.6. The second-order valence-corrected chi connectivity index (χ2v) is 6.65. The first-order chi connectivity index (χ1) is 12.8.